The molecule has 4 nitrogen and oxygen atoms in total. The molecule has 0 spiro atoms. The van der Waals surface area contributed by atoms with Gasteiger partial charge in [0.2, 0.25) is 0 Å². The van der Waals surface area contributed by atoms with Crippen molar-refractivity contribution in [2.24, 2.45) is 0 Å². The zero-order valence-electron chi connectivity index (χ0n) is 10.1. The number of aliphatic hydroxyl groups excluding tert-OH is 1. The monoisotopic (exact) mass is 231 g/mol. The van der Waals surface area contributed by atoms with E-state index in [1.54, 1.807) is 0 Å². The van der Waals surface area contributed by atoms with E-state index < -0.39 is 5.60 Å². The highest BCUT2D eigenvalue weighted by Gasteiger charge is 2.28. The van der Waals surface area contributed by atoms with Crippen LogP contribution in [0.3, 0.4) is 0 Å². The van der Waals surface area contributed by atoms with E-state index in [1.165, 1.54) is 6.42 Å². The molecule has 1 aliphatic carbocycles. The summed E-state index contributed by atoms with van der Waals surface area (Å²) in [6.45, 7) is 2.75. The van der Waals surface area contributed by atoms with Crippen LogP contribution in [0, 0.1) is 0 Å². The molecule has 0 heterocycles. The Morgan fingerprint density at radius 2 is 1.88 bits per heavy atom. The van der Waals surface area contributed by atoms with E-state index in [9.17, 15) is 5.11 Å². The second-order valence-electron chi connectivity index (χ2n) is 4.65. The molecule has 1 aliphatic rings. The van der Waals surface area contributed by atoms with E-state index in [0.717, 1.165) is 38.6 Å². The van der Waals surface area contributed by atoms with Crippen molar-refractivity contribution in [3.63, 3.8) is 0 Å². The molecule has 4 heteroatoms. The highest BCUT2D eigenvalue weighted by Crippen LogP contribution is 2.27. The van der Waals surface area contributed by atoms with Gasteiger partial charge in [-0.2, -0.15) is 0 Å². The predicted octanol–water partition coefficient (Wildman–Crippen LogP) is 0.670. The molecule has 1 rings (SSSR count). The lowest BCUT2D eigenvalue weighted by Crippen LogP contribution is -2.42. The van der Waals surface area contributed by atoms with Crippen LogP contribution in [0.15, 0.2) is 0 Å². The van der Waals surface area contributed by atoms with Gasteiger partial charge in [-0.05, 0) is 25.8 Å². The fourth-order valence-corrected chi connectivity index (χ4v) is 2.17. The number of hydrogen-bond acceptors (Lipinski definition) is 4. The van der Waals surface area contributed by atoms with Gasteiger partial charge in [-0.3, -0.25) is 0 Å². The van der Waals surface area contributed by atoms with Crippen LogP contribution in [-0.4, -0.2) is 48.7 Å². The van der Waals surface area contributed by atoms with Crippen LogP contribution in [0.4, 0.5) is 0 Å². The molecule has 0 amide bonds. The average Bonchev–Trinajstić information content (AvgIpc) is 2.29. The first-order valence-electron chi connectivity index (χ1n) is 6.38. The summed E-state index contributed by atoms with van der Waals surface area (Å²) in [5.41, 5.74) is -0.468. The third-order valence-corrected chi connectivity index (χ3v) is 3.12. The van der Waals surface area contributed by atoms with Crippen molar-refractivity contribution < 1.29 is 14.9 Å². The zero-order chi connectivity index (χ0) is 11.7. The fraction of sp³-hybridized carbons (Fsp3) is 1.00. The molecule has 3 N–H and O–H groups in total. The molecule has 0 aromatic heterocycles. The third-order valence-electron chi connectivity index (χ3n) is 3.12. The third kappa shape index (κ3) is 5.80. The van der Waals surface area contributed by atoms with Crippen molar-refractivity contribution in [3.05, 3.63) is 0 Å². The van der Waals surface area contributed by atoms with Crippen molar-refractivity contribution in [2.75, 3.05) is 32.9 Å². The first-order chi connectivity index (χ1) is 7.77. The Morgan fingerprint density at radius 1 is 1.12 bits per heavy atom. The molecule has 0 aliphatic heterocycles. The summed E-state index contributed by atoms with van der Waals surface area (Å²) in [7, 11) is 0. The Bertz CT molecular complexity index is 170. The zero-order valence-corrected chi connectivity index (χ0v) is 10.1. The second kappa shape index (κ2) is 8.01. The summed E-state index contributed by atoms with van der Waals surface area (Å²) in [5, 5.41) is 22.0. The lowest BCUT2D eigenvalue weighted by atomic mass is 9.85. The predicted molar refractivity (Wildman–Crippen MR) is 63.4 cm³/mol. The number of aliphatic hydroxyl groups is 2. The Morgan fingerprint density at radius 3 is 2.56 bits per heavy atom. The molecule has 1 fully saturated rings. The number of rotatable bonds is 8. The van der Waals surface area contributed by atoms with Gasteiger partial charge in [0.1, 0.15) is 0 Å². The van der Waals surface area contributed by atoms with E-state index in [2.05, 4.69) is 5.32 Å². The van der Waals surface area contributed by atoms with Gasteiger partial charge in [-0.15, -0.1) is 0 Å². The maximum absolute atomic E-state index is 10.2. The second-order valence-corrected chi connectivity index (χ2v) is 4.65. The van der Waals surface area contributed by atoms with Crippen molar-refractivity contribution in [2.45, 2.75) is 44.1 Å². The molecule has 0 saturated heterocycles. The minimum atomic E-state index is -0.468. The van der Waals surface area contributed by atoms with E-state index in [4.69, 9.17) is 9.84 Å². The van der Waals surface area contributed by atoms with Gasteiger partial charge in [0.15, 0.2) is 0 Å². The summed E-state index contributed by atoms with van der Waals surface area (Å²) in [4.78, 5) is 0. The van der Waals surface area contributed by atoms with Gasteiger partial charge < -0.3 is 20.3 Å². The lowest BCUT2D eigenvalue weighted by molar-refractivity contribution is 0.00447. The molecular weight excluding hydrogens is 206 g/mol. The Kier molecular flexibility index (Phi) is 6.96. The number of nitrogens with one attached hydrogen (secondary N) is 1. The summed E-state index contributed by atoms with van der Waals surface area (Å²) in [6.07, 6.45) is 6.35. The molecule has 0 atom stereocenters. The van der Waals surface area contributed by atoms with Crippen molar-refractivity contribution in [1.29, 1.82) is 0 Å². The summed E-state index contributed by atoms with van der Waals surface area (Å²) in [5.74, 6) is 0. The first-order valence-corrected chi connectivity index (χ1v) is 6.38. The van der Waals surface area contributed by atoms with Gasteiger partial charge >= 0.3 is 0 Å². The molecule has 0 bridgehead atoms. The highest BCUT2D eigenvalue weighted by molar-refractivity contribution is 4.84. The molecule has 1 saturated carbocycles. The topological polar surface area (TPSA) is 61.7 Å². The van der Waals surface area contributed by atoms with Crippen LogP contribution in [0.25, 0.3) is 0 Å². The van der Waals surface area contributed by atoms with E-state index >= 15 is 0 Å². The van der Waals surface area contributed by atoms with Crippen LogP contribution in [0.2, 0.25) is 0 Å². The van der Waals surface area contributed by atoms with Gasteiger partial charge in [0.25, 0.3) is 0 Å². The molecule has 0 aromatic rings. The fourth-order valence-electron chi connectivity index (χ4n) is 2.17. The molecular formula is C12H25NO3. The van der Waals surface area contributed by atoms with E-state index in [1.807, 2.05) is 0 Å². The van der Waals surface area contributed by atoms with Crippen LogP contribution in [0.5, 0.6) is 0 Å². The Balaban J connectivity index is 1.93. The number of ether oxygens (including phenoxy) is 1. The molecule has 16 heavy (non-hydrogen) atoms. The standard InChI is InChI=1S/C12H25NO3/c14-8-10-16-9-4-7-13-11-12(15)5-2-1-3-6-12/h13-15H,1-11H2. The average molecular weight is 231 g/mol. The highest BCUT2D eigenvalue weighted by atomic mass is 16.5. The summed E-state index contributed by atoms with van der Waals surface area (Å²) < 4.78 is 5.15. The Hall–Kier alpha value is -0.160. The maximum Gasteiger partial charge on any atom is 0.0771 e. The van der Waals surface area contributed by atoms with Crippen molar-refractivity contribution in [1.82, 2.24) is 5.32 Å². The molecule has 0 aromatic carbocycles. The SMILES string of the molecule is OCCOCCCNCC1(O)CCCCC1. The normalized spacial score (nSPS) is 19.9. The van der Waals surface area contributed by atoms with Gasteiger partial charge in [-0.1, -0.05) is 19.3 Å². The lowest BCUT2D eigenvalue weighted by Gasteiger charge is -2.32. The Labute approximate surface area is 98.0 Å². The minimum Gasteiger partial charge on any atom is -0.394 e. The van der Waals surface area contributed by atoms with Gasteiger partial charge in [0.05, 0.1) is 18.8 Å². The molecule has 0 radical (unpaired) electrons. The smallest absolute Gasteiger partial charge is 0.0771 e. The summed E-state index contributed by atoms with van der Waals surface area (Å²) >= 11 is 0. The quantitative estimate of drug-likeness (QED) is 0.537. The van der Waals surface area contributed by atoms with E-state index in [0.29, 0.717) is 19.8 Å². The minimum absolute atomic E-state index is 0.0905. The van der Waals surface area contributed by atoms with Gasteiger partial charge in [0, 0.05) is 13.2 Å². The molecule has 0 unspecified atom stereocenters. The van der Waals surface area contributed by atoms with Crippen LogP contribution < -0.4 is 5.32 Å². The maximum atomic E-state index is 10.2. The van der Waals surface area contributed by atoms with Crippen LogP contribution in [-0.2, 0) is 4.74 Å². The van der Waals surface area contributed by atoms with E-state index in [-0.39, 0.29) is 6.61 Å². The first kappa shape index (κ1) is 13.9. The molecule has 96 valence electrons. The van der Waals surface area contributed by atoms with Crippen molar-refractivity contribution in [3.8, 4) is 0 Å². The van der Waals surface area contributed by atoms with Crippen LogP contribution >= 0.6 is 0 Å². The summed E-state index contributed by atoms with van der Waals surface area (Å²) in [6, 6.07) is 0. The van der Waals surface area contributed by atoms with Gasteiger partial charge in [-0.25, -0.2) is 0 Å². The van der Waals surface area contributed by atoms with Crippen LogP contribution in [0.1, 0.15) is 38.5 Å². The van der Waals surface area contributed by atoms with Crippen molar-refractivity contribution >= 4 is 0 Å². The number of hydrogen-bond donors (Lipinski definition) is 3. The largest absolute Gasteiger partial charge is 0.394 e.